The Morgan fingerprint density at radius 3 is 2.45 bits per heavy atom. The fraction of sp³-hybridized carbons (Fsp3) is 0.857. The molecule has 0 aliphatic heterocycles. The lowest BCUT2D eigenvalue weighted by molar-refractivity contribution is -0.171. The Balaban J connectivity index is 2.58. The fourth-order valence-corrected chi connectivity index (χ4v) is 2.45. The number of hydrogen-bond donors (Lipinski definition) is 2. The van der Waals surface area contributed by atoms with Crippen molar-refractivity contribution < 1.29 is 14.3 Å². The van der Waals surface area contributed by atoms with Gasteiger partial charge in [0.2, 0.25) is 11.8 Å². The fourth-order valence-electron chi connectivity index (χ4n) is 2.45. The highest BCUT2D eigenvalue weighted by atomic mass is 16.5. The normalized spacial score (nSPS) is 27.6. The van der Waals surface area contributed by atoms with Gasteiger partial charge in [0.15, 0.2) is 0 Å². The Morgan fingerprint density at radius 2 is 2.00 bits per heavy atom. The lowest BCUT2D eigenvalue weighted by Gasteiger charge is -2.57. The largest absolute Gasteiger partial charge is 0.378 e. The van der Waals surface area contributed by atoms with Gasteiger partial charge in [-0.3, -0.25) is 9.59 Å². The molecule has 0 saturated heterocycles. The molecule has 116 valence electrons. The Hall–Kier alpha value is -1.14. The second-order valence-electron chi connectivity index (χ2n) is 5.93. The molecule has 6 nitrogen and oxygen atoms in total. The van der Waals surface area contributed by atoms with Crippen LogP contribution in [-0.2, 0) is 14.3 Å². The van der Waals surface area contributed by atoms with Gasteiger partial charge in [0.1, 0.15) is 5.54 Å². The molecule has 3 N–H and O–H groups in total. The monoisotopic (exact) mass is 285 g/mol. The first kappa shape index (κ1) is 16.9. The smallest absolute Gasteiger partial charge is 0.241 e. The molecule has 6 heteroatoms. The van der Waals surface area contributed by atoms with Gasteiger partial charge in [-0.15, -0.1) is 0 Å². The second kappa shape index (κ2) is 6.10. The van der Waals surface area contributed by atoms with Gasteiger partial charge < -0.3 is 20.7 Å². The van der Waals surface area contributed by atoms with Crippen LogP contribution >= 0.6 is 0 Å². The zero-order valence-corrected chi connectivity index (χ0v) is 13.2. The van der Waals surface area contributed by atoms with Gasteiger partial charge in [0, 0.05) is 32.0 Å². The van der Waals surface area contributed by atoms with Crippen molar-refractivity contribution in [3.63, 3.8) is 0 Å². The van der Waals surface area contributed by atoms with E-state index >= 15 is 0 Å². The van der Waals surface area contributed by atoms with E-state index in [1.807, 2.05) is 27.7 Å². The van der Waals surface area contributed by atoms with Crippen LogP contribution < -0.4 is 11.1 Å². The SMILES string of the molecule is CCOC1CC(N)(C(=O)NCC(=O)N(C)CC)C1(C)C. The quantitative estimate of drug-likeness (QED) is 0.725. The molecule has 0 aromatic rings. The van der Waals surface area contributed by atoms with Crippen LogP contribution in [0.4, 0.5) is 0 Å². The van der Waals surface area contributed by atoms with Crippen molar-refractivity contribution in [3.05, 3.63) is 0 Å². The second-order valence-corrected chi connectivity index (χ2v) is 5.93. The van der Waals surface area contributed by atoms with E-state index in [1.54, 1.807) is 11.9 Å². The standard InChI is InChI=1S/C14H27N3O3/c1-6-17(5)11(18)9-16-12(19)14(15)8-10(20-7-2)13(14,3)4/h10H,6-9,15H2,1-5H3,(H,16,19). The van der Waals surface area contributed by atoms with Crippen LogP contribution in [0.3, 0.4) is 0 Å². The van der Waals surface area contributed by atoms with Gasteiger partial charge in [-0.05, 0) is 13.8 Å². The number of nitrogens with one attached hydrogen (secondary N) is 1. The highest BCUT2D eigenvalue weighted by Crippen LogP contribution is 2.49. The molecular formula is C14H27N3O3. The minimum atomic E-state index is -0.974. The number of hydrogen-bond acceptors (Lipinski definition) is 4. The number of likely N-dealkylation sites (N-methyl/N-ethyl adjacent to an activating group) is 1. The number of nitrogens with zero attached hydrogens (tertiary/aromatic N) is 1. The van der Waals surface area contributed by atoms with Crippen LogP contribution in [0.5, 0.6) is 0 Å². The average molecular weight is 285 g/mol. The maximum Gasteiger partial charge on any atom is 0.241 e. The summed E-state index contributed by atoms with van der Waals surface area (Å²) in [5.41, 5.74) is 4.81. The van der Waals surface area contributed by atoms with Crippen LogP contribution in [0.15, 0.2) is 0 Å². The van der Waals surface area contributed by atoms with E-state index in [2.05, 4.69) is 5.32 Å². The predicted octanol–water partition coefficient (Wildman–Crippen LogP) is 0.113. The molecule has 0 aromatic heterocycles. The molecule has 1 aliphatic carbocycles. The van der Waals surface area contributed by atoms with Crippen molar-refractivity contribution in [1.29, 1.82) is 0 Å². The molecule has 0 radical (unpaired) electrons. The van der Waals surface area contributed by atoms with E-state index in [0.29, 0.717) is 19.6 Å². The van der Waals surface area contributed by atoms with Crippen LogP contribution in [0, 0.1) is 5.41 Å². The number of ether oxygens (including phenoxy) is 1. The molecule has 2 atom stereocenters. The third-order valence-electron chi connectivity index (χ3n) is 4.54. The van der Waals surface area contributed by atoms with Crippen LogP contribution in [0.2, 0.25) is 0 Å². The topological polar surface area (TPSA) is 84.7 Å². The van der Waals surface area contributed by atoms with Gasteiger partial charge in [0.25, 0.3) is 0 Å². The minimum absolute atomic E-state index is 0.0164. The summed E-state index contributed by atoms with van der Waals surface area (Å²) >= 11 is 0. The highest BCUT2D eigenvalue weighted by Gasteiger charge is 2.62. The first-order valence-electron chi connectivity index (χ1n) is 7.13. The average Bonchev–Trinajstić information content (AvgIpc) is 2.42. The first-order valence-corrected chi connectivity index (χ1v) is 7.13. The van der Waals surface area contributed by atoms with Crippen LogP contribution in [0.25, 0.3) is 0 Å². The Bertz CT molecular complexity index is 384. The van der Waals surface area contributed by atoms with Crippen molar-refractivity contribution in [1.82, 2.24) is 10.2 Å². The molecule has 1 aliphatic rings. The van der Waals surface area contributed by atoms with Crippen molar-refractivity contribution in [2.24, 2.45) is 11.1 Å². The zero-order valence-electron chi connectivity index (χ0n) is 13.2. The highest BCUT2D eigenvalue weighted by molar-refractivity contribution is 5.92. The van der Waals surface area contributed by atoms with Gasteiger partial charge in [0.05, 0.1) is 12.6 Å². The summed E-state index contributed by atoms with van der Waals surface area (Å²) in [5, 5.41) is 2.65. The molecule has 0 bridgehead atoms. The molecule has 0 heterocycles. The summed E-state index contributed by atoms with van der Waals surface area (Å²) in [6.45, 7) is 8.86. The Kier molecular flexibility index (Phi) is 5.15. The van der Waals surface area contributed by atoms with Gasteiger partial charge >= 0.3 is 0 Å². The summed E-state index contributed by atoms with van der Waals surface area (Å²) in [4.78, 5) is 25.5. The molecular weight excluding hydrogens is 258 g/mol. The van der Waals surface area contributed by atoms with Gasteiger partial charge in [-0.1, -0.05) is 13.8 Å². The van der Waals surface area contributed by atoms with Crippen molar-refractivity contribution >= 4 is 11.8 Å². The number of rotatable bonds is 6. The molecule has 1 fully saturated rings. The van der Waals surface area contributed by atoms with E-state index in [4.69, 9.17) is 10.5 Å². The lowest BCUT2D eigenvalue weighted by Crippen LogP contribution is -2.76. The number of carbonyl (C=O) groups excluding carboxylic acids is 2. The molecule has 1 saturated carbocycles. The zero-order chi connectivity index (χ0) is 15.6. The van der Waals surface area contributed by atoms with E-state index < -0.39 is 11.0 Å². The Morgan fingerprint density at radius 1 is 1.40 bits per heavy atom. The molecule has 1 rings (SSSR count). The predicted molar refractivity (Wildman–Crippen MR) is 77.1 cm³/mol. The molecule has 20 heavy (non-hydrogen) atoms. The van der Waals surface area contributed by atoms with E-state index in [9.17, 15) is 9.59 Å². The summed E-state index contributed by atoms with van der Waals surface area (Å²) in [6, 6.07) is 0. The lowest BCUT2D eigenvalue weighted by atomic mass is 9.54. The summed E-state index contributed by atoms with van der Waals surface area (Å²) in [5.74, 6) is -0.403. The summed E-state index contributed by atoms with van der Waals surface area (Å²) < 4.78 is 5.58. The van der Waals surface area contributed by atoms with E-state index in [0.717, 1.165) is 0 Å². The van der Waals surface area contributed by atoms with Crippen molar-refractivity contribution in [2.45, 2.75) is 45.8 Å². The number of carbonyl (C=O) groups is 2. The van der Waals surface area contributed by atoms with Crippen molar-refractivity contribution in [2.75, 3.05) is 26.7 Å². The molecule has 2 unspecified atom stereocenters. The first-order chi connectivity index (χ1) is 9.20. The van der Waals surface area contributed by atoms with Gasteiger partial charge in [-0.25, -0.2) is 0 Å². The third-order valence-corrected chi connectivity index (χ3v) is 4.54. The van der Waals surface area contributed by atoms with Crippen LogP contribution in [-0.4, -0.2) is 55.1 Å². The minimum Gasteiger partial charge on any atom is -0.378 e. The van der Waals surface area contributed by atoms with E-state index in [-0.39, 0.29) is 24.5 Å². The molecule has 0 aromatic carbocycles. The van der Waals surface area contributed by atoms with Crippen LogP contribution in [0.1, 0.15) is 34.1 Å². The molecule has 0 spiro atoms. The number of nitrogens with two attached hydrogens (primary N) is 1. The van der Waals surface area contributed by atoms with E-state index in [1.165, 1.54) is 0 Å². The maximum absolute atomic E-state index is 12.3. The van der Waals surface area contributed by atoms with Crippen molar-refractivity contribution in [3.8, 4) is 0 Å². The summed E-state index contributed by atoms with van der Waals surface area (Å²) in [6.07, 6.45) is 0.467. The molecule has 2 amide bonds. The maximum atomic E-state index is 12.3. The van der Waals surface area contributed by atoms with Gasteiger partial charge in [-0.2, -0.15) is 0 Å². The Labute approximate surface area is 121 Å². The number of amides is 2. The third kappa shape index (κ3) is 2.81. The summed E-state index contributed by atoms with van der Waals surface area (Å²) in [7, 11) is 1.70.